The predicted octanol–water partition coefficient (Wildman–Crippen LogP) is 3.88. The molecule has 21 heavy (non-hydrogen) atoms. The van der Waals surface area contributed by atoms with Gasteiger partial charge in [0.15, 0.2) is 5.82 Å². The van der Waals surface area contributed by atoms with Crippen LogP contribution in [0.4, 0.5) is 0 Å². The quantitative estimate of drug-likeness (QED) is 0.837. The van der Waals surface area contributed by atoms with Crippen LogP contribution in [0.1, 0.15) is 37.0 Å². The molecule has 1 aromatic heterocycles. The molecule has 0 spiro atoms. The first-order valence-corrected chi connectivity index (χ1v) is 7.79. The van der Waals surface area contributed by atoms with Crippen LogP contribution in [0, 0.1) is 5.92 Å². The molecule has 2 rings (SSSR count). The van der Waals surface area contributed by atoms with E-state index < -0.39 is 0 Å². The summed E-state index contributed by atoms with van der Waals surface area (Å²) in [7, 11) is 0. The van der Waals surface area contributed by atoms with E-state index in [2.05, 4.69) is 17.1 Å². The third-order valence-electron chi connectivity index (χ3n) is 3.38. The molecule has 1 aromatic carbocycles. The minimum absolute atomic E-state index is 0.540. The van der Waals surface area contributed by atoms with Crippen molar-refractivity contribution in [1.29, 1.82) is 0 Å². The van der Waals surface area contributed by atoms with Crippen LogP contribution in [-0.4, -0.2) is 16.7 Å². The molecule has 114 valence electrons. The molecule has 0 fully saturated rings. The minimum Gasteiger partial charge on any atom is -0.339 e. The van der Waals surface area contributed by atoms with Crippen molar-refractivity contribution in [3.8, 4) is 0 Å². The van der Waals surface area contributed by atoms with Crippen LogP contribution in [0.15, 0.2) is 22.7 Å². The molecule has 1 heterocycles. The standard InChI is InChI=1S/C15H19Cl2N3O/c1-10(6-7-18)2-5-15-19-14(20-21-15)8-11-3-4-12(16)9-13(11)17/h3-4,9-10H,2,5-8,18H2,1H3. The zero-order chi connectivity index (χ0) is 15.2. The Morgan fingerprint density at radius 1 is 1.29 bits per heavy atom. The first-order valence-electron chi connectivity index (χ1n) is 7.04. The van der Waals surface area contributed by atoms with Gasteiger partial charge in [-0.05, 0) is 43.0 Å². The Bertz CT molecular complexity index is 586. The Hall–Kier alpha value is -1.10. The van der Waals surface area contributed by atoms with E-state index in [1.807, 2.05) is 6.07 Å². The zero-order valence-electron chi connectivity index (χ0n) is 12.0. The fraction of sp³-hybridized carbons (Fsp3) is 0.467. The van der Waals surface area contributed by atoms with Gasteiger partial charge in [0.1, 0.15) is 0 Å². The highest BCUT2D eigenvalue weighted by molar-refractivity contribution is 6.35. The summed E-state index contributed by atoms with van der Waals surface area (Å²) in [6.07, 6.45) is 3.34. The first kappa shape index (κ1) is 16.3. The number of nitrogens with two attached hydrogens (primary N) is 1. The van der Waals surface area contributed by atoms with Gasteiger partial charge < -0.3 is 10.3 Å². The molecule has 1 unspecified atom stereocenters. The zero-order valence-corrected chi connectivity index (χ0v) is 13.5. The maximum Gasteiger partial charge on any atom is 0.226 e. The van der Waals surface area contributed by atoms with Gasteiger partial charge in [0, 0.05) is 22.9 Å². The Balaban J connectivity index is 1.93. The van der Waals surface area contributed by atoms with Gasteiger partial charge in [0.25, 0.3) is 0 Å². The third kappa shape index (κ3) is 4.99. The van der Waals surface area contributed by atoms with Gasteiger partial charge in [-0.25, -0.2) is 0 Å². The second kappa shape index (κ2) is 7.78. The van der Waals surface area contributed by atoms with Crippen LogP contribution < -0.4 is 5.73 Å². The van der Waals surface area contributed by atoms with Gasteiger partial charge in [-0.1, -0.05) is 41.3 Å². The molecule has 0 saturated heterocycles. The third-order valence-corrected chi connectivity index (χ3v) is 3.97. The lowest BCUT2D eigenvalue weighted by Crippen LogP contribution is -2.06. The molecule has 6 heteroatoms. The van der Waals surface area contributed by atoms with Gasteiger partial charge in [-0.2, -0.15) is 4.98 Å². The van der Waals surface area contributed by atoms with Crippen LogP contribution in [0.5, 0.6) is 0 Å². The number of hydrogen-bond acceptors (Lipinski definition) is 4. The summed E-state index contributed by atoms with van der Waals surface area (Å²) < 4.78 is 5.27. The molecule has 2 aromatic rings. The summed E-state index contributed by atoms with van der Waals surface area (Å²) in [5.41, 5.74) is 6.48. The average Bonchev–Trinajstić information content (AvgIpc) is 2.88. The summed E-state index contributed by atoms with van der Waals surface area (Å²) >= 11 is 12.0. The van der Waals surface area contributed by atoms with Crippen molar-refractivity contribution in [2.24, 2.45) is 11.7 Å². The second-order valence-electron chi connectivity index (χ2n) is 5.24. The number of aryl methyl sites for hydroxylation is 1. The minimum atomic E-state index is 0.540. The Kier molecular flexibility index (Phi) is 6.03. The number of halogens is 2. The Morgan fingerprint density at radius 2 is 2.10 bits per heavy atom. The molecule has 0 radical (unpaired) electrons. The molecule has 0 amide bonds. The van der Waals surface area contributed by atoms with Crippen LogP contribution in [-0.2, 0) is 12.8 Å². The molecule has 4 nitrogen and oxygen atoms in total. The normalized spacial score (nSPS) is 12.6. The van der Waals surface area contributed by atoms with Crippen molar-refractivity contribution in [3.63, 3.8) is 0 Å². The smallest absolute Gasteiger partial charge is 0.226 e. The molecule has 0 aliphatic carbocycles. The van der Waals surface area contributed by atoms with Crippen molar-refractivity contribution in [3.05, 3.63) is 45.5 Å². The van der Waals surface area contributed by atoms with Gasteiger partial charge in [0.2, 0.25) is 5.89 Å². The topological polar surface area (TPSA) is 64.9 Å². The van der Waals surface area contributed by atoms with Crippen LogP contribution in [0.3, 0.4) is 0 Å². The van der Waals surface area contributed by atoms with Gasteiger partial charge in [-0.15, -0.1) is 0 Å². The summed E-state index contributed by atoms with van der Waals surface area (Å²) in [5.74, 6) is 1.87. The van der Waals surface area contributed by atoms with E-state index in [0.29, 0.717) is 40.6 Å². The van der Waals surface area contributed by atoms with Crippen molar-refractivity contribution in [1.82, 2.24) is 10.1 Å². The van der Waals surface area contributed by atoms with E-state index in [-0.39, 0.29) is 0 Å². The van der Waals surface area contributed by atoms with Crippen LogP contribution in [0.2, 0.25) is 10.0 Å². The number of nitrogens with zero attached hydrogens (tertiary/aromatic N) is 2. The first-order chi connectivity index (χ1) is 10.1. The maximum absolute atomic E-state index is 6.14. The van der Waals surface area contributed by atoms with E-state index in [9.17, 15) is 0 Å². The van der Waals surface area contributed by atoms with E-state index in [4.69, 9.17) is 33.5 Å². The number of rotatable bonds is 7. The van der Waals surface area contributed by atoms with E-state index >= 15 is 0 Å². The monoisotopic (exact) mass is 327 g/mol. The van der Waals surface area contributed by atoms with Crippen molar-refractivity contribution in [2.45, 2.75) is 32.6 Å². The Morgan fingerprint density at radius 3 is 2.81 bits per heavy atom. The summed E-state index contributed by atoms with van der Waals surface area (Å²) in [6, 6.07) is 5.40. The SMILES string of the molecule is CC(CCN)CCc1nc(Cc2ccc(Cl)cc2Cl)no1. The summed E-state index contributed by atoms with van der Waals surface area (Å²) in [6.45, 7) is 2.89. The highest BCUT2D eigenvalue weighted by atomic mass is 35.5. The van der Waals surface area contributed by atoms with Gasteiger partial charge in [-0.3, -0.25) is 0 Å². The van der Waals surface area contributed by atoms with Crippen LogP contribution >= 0.6 is 23.2 Å². The lowest BCUT2D eigenvalue weighted by molar-refractivity contribution is 0.359. The van der Waals surface area contributed by atoms with Crippen molar-refractivity contribution < 1.29 is 4.52 Å². The molecular weight excluding hydrogens is 309 g/mol. The Labute approximate surface area is 134 Å². The lowest BCUT2D eigenvalue weighted by atomic mass is 10.0. The number of benzene rings is 1. The molecule has 0 bridgehead atoms. The highest BCUT2D eigenvalue weighted by Crippen LogP contribution is 2.22. The van der Waals surface area contributed by atoms with Crippen molar-refractivity contribution in [2.75, 3.05) is 6.54 Å². The molecule has 0 aliphatic heterocycles. The van der Waals surface area contributed by atoms with Crippen molar-refractivity contribution >= 4 is 23.2 Å². The number of aromatic nitrogens is 2. The van der Waals surface area contributed by atoms with Gasteiger partial charge in [0.05, 0.1) is 0 Å². The number of hydrogen-bond donors (Lipinski definition) is 1. The van der Waals surface area contributed by atoms with E-state index in [1.54, 1.807) is 12.1 Å². The van der Waals surface area contributed by atoms with E-state index in [0.717, 1.165) is 24.8 Å². The summed E-state index contributed by atoms with van der Waals surface area (Å²) in [4.78, 5) is 4.40. The maximum atomic E-state index is 6.14. The second-order valence-corrected chi connectivity index (χ2v) is 6.08. The fourth-order valence-electron chi connectivity index (χ4n) is 2.10. The molecule has 2 N–H and O–H groups in total. The van der Waals surface area contributed by atoms with Gasteiger partial charge >= 0.3 is 0 Å². The van der Waals surface area contributed by atoms with Crippen LogP contribution in [0.25, 0.3) is 0 Å². The van der Waals surface area contributed by atoms with E-state index in [1.165, 1.54) is 0 Å². The predicted molar refractivity (Wildman–Crippen MR) is 84.7 cm³/mol. The molecule has 0 saturated carbocycles. The fourth-order valence-corrected chi connectivity index (χ4v) is 2.57. The average molecular weight is 328 g/mol. The summed E-state index contributed by atoms with van der Waals surface area (Å²) in [5, 5.41) is 5.23. The largest absolute Gasteiger partial charge is 0.339 e. The highest BCUT2D eigenvalue weighted by Gasteiger charge is 2.11. The molecule has 1 atom stereocenters. The molecule has 0 aliphatic rings. The lowest BCUT2D eigenvalue weighted by Gasteiger charge is -2.06. The molecular formula is C15H19Cl2N3O.